The van der Waals surface area contributed by atoms with Gasteiger partial charge in [0.2, 0.25) is 5.88 Å². The van der Waals surface area contributed by atoms with Gasteiger partial charge in [0.15, 0.2) is 0 Å². The van der Waals surface area contributed by atoms with Gasteiger partial charge in [-0.15, -0.1) is 0 Å². The molecule has 4 nitrogen and oxygen atoms in total. The van der Waals surface area contributed by atoms with Crippen molar-refractivity contribution in [3.05, 3.63) is 18.3 Å². The second kappa shape index (κ2) is 1.81. The lowest BCUT2D eigenvalue weighted by atomic mass is 10.7. The van der Waals surface area contributed by atoms with Crippen molar-refractivity contribution in [2.45, 2.75) is 0 Å². The molecule has 9 heavy (non-hydrogen) atoms. The lowest BCUT2D eigenvalue weighted by Crippen LogP contribution is -2.04. The molecule has 0 aromatic carbocycles. The normalized spacial score (nSPS) is 9.33. The monoisotopic (exact) mass is 127 g/mol. The van der Waals surface area contributed by atoms with Gasteiger partial charge >= 0.3 is 6.09 Å². The quantitative estimate of drug-likeness (QED) is 0.539. The molecule has 0 saturated carbocycles. The summed E-state index contributed by atoms with van der Waals surface area (Å²) in [6, 6.07) is 2.75. The number of hydrogen-bond donors (Lipinski definition) is 2. The minimum absolute atomic E-state index is 0.262. The van der Waals surface area contributed by atoms with Gasteiger partial charge in [-0.25, -0.2) is 9.36 Å². The van der Waals surface area contributed by atoms with Crippen LogP contribution >= 0.6 is 0 Å². The summed E-state index contributed by atoms with van der Waals surface area (Å²) >= 11 is 0. The van der Waals surface area contributed by atoms with E-state index in [-0.39, 0.29) is 5.88 Å². The molecule has 1 aromatic rings. The van der Waals surface area contributed by atoms with Crippen LogP contribution in [0.2, 0.25) is 0 Å². The van der Waals surface area contributed by atoms with E-state index >= 15 is 0 Å². The number of carbonyl (C=O) groups is 1. The molecule has 0 saturated heterocycles. The maximum Gasteiger partial charge on any atom is 0.418 e. The molecule has 0 amide bonds. The average Bonchev–Trinajstić information content (AvgIpc) is 2.13. The Bertz CT molecular complexity index is 228. The van der Waals surface area contributed by atoms with Gasteiger partial charge in [0.05, 0.1) is 0 Å². The first-order chi connectivity index (χ1) is 4.22. The molecule has 1 heterocycles. The summed E-state index contributed by atoms with van der Waals surface area (Å²) < 4.78 is 0.722. The number of aromatic nitrogens is 1. The summed E-state index contributed by atoms with van der Waals surface area (Å²) in [4.78, 5) is 10.1. The fraction of sp³-hybridized carbons (Fsp3) is 0. The molecule has 1 rings (SSSR count). The first-order valence-electron chi connectivity index (χ1n) is 2.31. The van der Waals surface area contributed by atoms with Crippen molar-refractivity contribution in [3.63, 3.8) is 0 Å². The largest absolute Gasteiger partial charge is 0.494 e. The van der Waals surface area contributed by atoms with Gasteiger partial charge in [0.25, 0.3) is 0 Å². The van der Waals surface area contributed by atoms with Crippen LogP contribution in [0, 0.1) is 0 Å². The van der Waals surface area contributed by atoms with Gasteiger partial charge in [0.1, 0.15) is 0 Å². The van der Waals surface area contributed by atoms with Crippen LogP contribution in [-0.4, -0.2) is 20.9 Å². The standard InChI is InChI=1S/C5H5NO3/c7-4-2-1-3-6(4)5(8)9/h1-3,7H,(H,8,9). The van der Waals surface area contributed by atoms with E-state index in [4.69, 9.17) is 10.2 Å². The number of carboxylic acid groups (broad SMARTS) is 1. The van der Waals surface area contributed by atoms with Gasteiger partial charge in [-0.1, -0.05) is 0 Å². The number of hydrogen-bond acceptors (Lipinski definition) is 2. The van der Waals surface area contributed by atoms with Crippen molar-refractivity contribution < 1.29 is 15.0 Å². The highest BCUT2D eigenvalue weighted by Crippen LogP contribution is 2.07. The van der Waals surface area contributed by atoms with Crippen LogP contribution in [0.4, 0.5) is 4.79 Å². The first kappa shape index (κ1) is 5.68. The maximum atomic E-state index is 10.1. The van der Waals surface area contributed by atoms with Gasteiger partial charge in [-0.3, -0.25) is 0 Å². The number of aromatic hydroxyl groups is 1. The molecule has 0 fully saturated rings. The van der Waals surface area contributed by atoms with E-state index < -0.39 is 6.09 Å². The Morgan fingerprint density at radius 2 is 2.33 bits per heavy atom. The predicted octanol–water partition coefficient (Wildman–Crippen LogP) is 0.720. The smallest absolute Gasteiger partial charge is 0.418 e. The molecule has 0 unspecified atom stereocenters. The molecule has 0 radical (unpaired) electrons. The van der Waals surface area contributed by atoms with Crippen molar-refractivity contribution in [1.29, 1.82) is 0 Å². The molecular weight excluding hydrogens is 122 g/mol. The van der Waals surface area contributed by atoms with E-state index in [9.17, 15) is 4.79 Å². The summed E-state index contributed by atoms with van der Waals surface area (Å²) in [6.07, 6.45) is 0.0787. The lowest BCUT2D eigenvalue weighted by molar-refractivity contribution is 0.193. The molecule has 48 valence electrons. The zero-order valence-corrected chi connectivity index (χ0v) is 4.48. The van der Waals surface area contributed by atoms with E-state index in [0.29, 0.717) is 0 Å². The zero-order chi connectivity index (χ0) is 6.85. The Kier molecular flexibility index (Phi) is 1.14. The van der Waals surface area contributed by atoms with Crippen LogP contribution < -0.4 is 0 Å². The topological polar surface area (TPSA) is 62.5 Å². The van der Waals surface area contributed by atoms with Crippen LogP contribution in [0.3, 0.4) is 0 Å². The minimum atomic E-state index is -1.18. The Morgan fingerprint density at radius 1 is 1.67 bits per heavy atom. The third-order valence-electron chi connectivity index (χ3n) is 0.933. The predicted molar refractivity (Wildman–Crippen MR) is 29.5 cm³/mol. The summed E-state index contributed by atoms with van der Waals surface area (Å²) in [5, 5.41) is 17.0. The van der Waals surface area contributed by atoms with E-state index in [1.165, 1.54) is 18.3 Å². The molecule has 0 aliphatic carbocycles. The molecule has 0 aliphatic heterocycles. The van der Waals surface area contributed by atoms with Crippen LogP contribution in [0.1, 0.15) is 0 Å². The van der Waals surface area contributed by atoms with Gasteiger partial charge in [-0.2, -0.15) is 0 Å². The van der Waals surface area contributed by atoms with Gasteiger partial charge in [0, 0.05) is 12.3 Å². The third kappa shape index (κ3) is 0.861. The van der Waals surface area contributed by atoms with E-state index in [1.54, 1.807) is 0 Å². The summed E-state index contributed by atoms with van der Waals surface area (Å²) in [6.45, 7) is 0. The second-order valence-corrected chi connectivity index (χ2v) is 1.52. The van der Waals surface area contributed by atoms with Crippen molar-refractivity contribution in [3.8, 4) is 5.88 Å². The molecule has 0 bridgehead atoms. The van der Waals surface area contributed by atoms with Crippen LogP contribution in [-0.2, 0) is 0 Å². The third-order valence-corrected chi connectivity index (χ3v) is 0.933. The second-order valence-electron chi connectivity index (χ2n) is 1.52. The van der Waals surface area contributed by atoms with Gasteiger partial charge < -0.3 is 10.2 Å². The Balaban J connectivity index is 3.08. The molecule has 4 heteroatoms. The summed E-state index contributed by atoms with van der Waals surface area (Å²) in [5.41, 5.74) is 0. The highest BCUT2D eigenvalue weighted by atomic mass is 16.4. The summed E-state index contributed by atoms with van der Waals surface area (Å²) in [7, 11) is 0. The number of nitrogens with zero attached hydrogens (tertiary/aromatic N) is 1. The zero-order valence-electron chi connectivity index (χ0n) is 4.48. The van der Waals surface area contributed by atoms with Crippen molar-refractivity contribution >= 4 is 6.09 Å². The molecule has 1 aromatic heterocycles. The van der Waals surface area contributed by atoms with Crippen molar-refractivity contribution in [1.82, 2.24) is 4.57 Å². The SMILES string of the molecule is O=C(O)n1cccc1O. The highest BCUT2D eigenvalue weighted by molar-refractivity contribution is 5.69. The number of rotatable bonds is 0. The molecule has 0 aliphatic rings. The van der Waals surface area contributed by atoms with Crippen molar-refractivity contribution in [2.75, 3.05) is 0 Å². The lowest BCUT2D eigenvalue weighted by Gasteiger charge is -1.92. The van der Waals surface area contributed by atoms with Crippen LogP contribution in [0.25, 0.3) is 0 Å². The minimum Gasteiger partial charge on any atom is -0.494 e. The Morgan fingerprint density at radius 3 is 2.56 bits per heavy atom. The molecule has 0 spiro atoms. The van der Waals surface area contributed by atoms with E-state index in [1.807, 2.05) is 0 Å². The average molecular weight is 127 g/mol. The molecule has 0 atom stereocenters. The highest BCUT2D eigenvalue weighted by Gasteiger charge is 2.02. The van der Waals surface area contributed by atoms with Crippen molar-refractivity contribution in [2.24, 2.45) is 0 Å². The van der Waals surface area contributed by atoms with Gasteiger partial charge in [-0.05, 0) is 6.07 Å². The molecular formula is C5H5NO3. The fourth-order valence-corrected chi connectivity index (χ4v) is 0.534. The van der Waals surface area contributed by atoms with E-state index in [2.05, 4.69) is 0 Å². The maximum absolute atomic E-state index is 10.1. The fourth-order valence-electron chi connectivity index (χ4n) is 0.534. The Labute approximate surface area is 51.0 Å². The van der Waals surface area contributed by atoms with Crippen LogP contribution in [0.15, 0.2) is 18.3 Å². The Hall–Kier alpha value is -1.45. The first-order valence-corrected chi connectivity index (χ1v) is 2.31. The molecule has 2 N–H and O–H groups in total. The van der Waals surface area contributed by atoms with Crippen LogP contribution in [0.5, 0.6) is 5.88 Å². The summed E-state index contributed by atoms with van der Waals surface area (Å²) in [5.74, 6) is -0.262. The van der Waals surface area contributed by atoms with E-state index in [0.717, 1.165) is 4.57 Å².